The van der Waals surface area contributed by atoms with E-state index < -0.39 is 6.04 Å². The maximum absolute atomic E-state index is 14.3. The van der Waals surface area contributed by atoms with Crippen molar-refractivity contribution in [1.29, 1.82) is 0 Å². The van der Waals surface area contributed by atoms with Gasteiger partial charge in [-0.1, -0.05) is 30.3 Å². The lowest BCUT2D eigenvalue weighted by Crippen LogP contribution is -2.28. The number of fused-ring (bicyclic) bond motifs is 2. The Morgan fingerprint density at radius 3 is 2.34 bits per heavy atom. The van der Waals surface area contributed by atoms with Crippen LogP contribution >= 0.6 is 0 Å². The molecule has 6 aromatic rings. The van der Waals surface area contributed by atoms with E-state index >= 15 is 0 Å². The molecule has 6 rings (SSSR count). The minimum Gasteiger partial charge on any atom is -0.358 e. The summed E-state index contributed by atoms with van der Waals surface area (Å²) in [6.07, 6.45) is 5.18. The molecule has 0 bridgehead atoms. The molecule has 9 nitrogen and oxygen atoms in total. The molecule has 0 fully saturated rings. The monoisotopic (exact) mass is 500 g/mol. The largest absolute Gasteiger partial charge is 0.358 e. The number of hydrogen-bond donors (Lipinski definition) is 1. The number of aromatic nitrogens is 7. The Kier molecular flexibility index (Phi) is 5.80. The Hall–Kier alpha value is -5.05. The van der Waals surface area contributed by atoms with Gasteiger partial charge < -0.3 is 5.32 Å². The number of nitrogens with one attached hydrogen (secondary N) is 1. The van der Waals surface area contributed by atoms with Gasteiger partial charge in [-0.2, -0.15) is 0 Å². The third-order valence-corrected chi connectivity index (χ3v) is 6.34. The van der Waals surface area contributed by atoms with Crippen molar-refractivity contribution in [1.82, 2.24) is 34.5 Å². The van der Waals surface area contributed by atoms with Crippen molar-refractivity contribution in [3.8, 4) is 16.8 Å². The van der Waals surface area contributed by atoms with Crippen molar-refractivity contribution in [2.24, 2.45) is 0 Å². The summed E-state index contributed by atoms with van der Waals surface area (Å²) < 4.78 is 1.65. The lowest BCUT2D eigenvalue weighted by molar-refractivity contribution is 0.731. The maximum atomic E-state index is 14.3. The zero-order chi connectivity index (χ0) is 26.2. The Morgan fingerprint density at radius 2 is 1.55 bits per heavy atom. The molecule has 0 aliphatic carbocycles. The van der Waals surface area contributed by atoms with Gasteiger partial charge in [0.15, 0.2) is 5.82 Å². The molecule has 186 valence electrons. The van der Waals surface area contributed by atoms with E-state index in [2.05, 4.69) is 30.2 Å². The standard InChI is InChI=1S/C29H24N8O/c1-17(33-27-26-24(13-8-14-30-26)34-19(3)35-27)28-36-23-12-7-11-22(20-15-31-18(2)32-16-20)25(23)29(38)37(28)21-9-5-4-6-10-21/h4-17H,1-3H3,(H,33,34,35)/t17-/m0/s1. The van der Waals surface area contributed by atoms with Gasteiger partial charge in [-0.3, -0.25) is 14.3 Å². The molecule has 0 aliphatic rings. The van der Waals surface area contributed by atoms with Crippen LogP contribution in [0.2, 0.25) is 0 Å². The Morgan fingerprint density at radius 1 is 0.789 bits per heavy atom. The fourth-order valence-corrected chi connectivity index (χ4v) is 4.59. The van der Waals surface area contributed by atoms with Gasteiger partial charge in [-0.05, 0) is 56.7 Å². The van der Waals surface area contributed by atoms with E-state index in [1.165, 1.54) is 0 Å². The second kappa shape index (κ2) is 9.44. The first-order chi connectivity index (χ1) is 18.5. The van der Waals surface area contributed by atoms with Crippen LogP contribution in [0, 0.1) is 13.8 Å². The van der Waals surface area contributed by atoms with E-state index in [0.29, 0.717) is 45.4 Å². The van der Waals surface area contributed by atoms with Crippen LogP contribution in [-0.2, 0) is 0 Å². The lowest BCUT2D eigenvalue weighted by Gasteiger charge is -2.21. The predicted molar refractivity (Wildman–Crippen MR) is 147 cm³/mol. The summed E-state index contributed by atoms with van der Waals surface area (Å²) in [5.74, 6) is 2.42. The molecule has 4 heterocycles. The van der Waals surface area contributed by atoms with Crippen molar-refractivity contribution in [2.75, 3.05) is 5.32 Å². The molecule has 1 atom stereocenters. The fourth-order valence-electron chi connectivity index (χ4n) is 4.59. The molecule has 0 aliphatic heterocycles. The van der Waals surface area contributed by atoms with E-state index in [9.17, 15) is 4.79 Å². The third-order valence-electron chi connectivity index (χ3n) is 6.34. The molecule has 9 heteroatoms. The summed E-state index contributed by atoms with van der Waals surface area (Å²) in [5.41, 5.74) is 4.01. The van der Waals surface area contributed by atoms with Gasteiger partial charge in [0.05, 0.1) is 28.1 Å². The molecule has 38 heavy (non-hydrogen) atoms. The topological polar surface area (TPSA) is 111 Å². The molecule has 0 saturated carbocycles. The van der Waals surface area contributed by atoms with Gasteiger partial charge in [0, 0.05) is 24.2 Å². The summed E-state index contributed by atoms with van der Waals surface area (Å²) in [6.45, 7) is 5.62. The molecule has 0 amide bonds. The molecule has 0 radical (unpaired) electrons. The zero-order valence-corrected chi connectivity index (χ0v) is 21.1. The number of anilines is 1. The van der Waals surface area contributed by atoms with Gasteiger partial charge in [0.1, 0.15) is 23.0 Å². The van der Waals surface area contributed by atoms with E-state index in [0.717, 1.165) is 16.6 Å². The second-order valence-corrected chi connectivity index (χ2v) is 9.02. The predicted octanol–water partition coefficient (Wildman–Crippen LogP) is 4.97. The van der Waals surface area contributed by atoms with Crippen LogP contribution in [0.3, 0.4) is 0 Å². The van der Waals surface area contributed by atoms with Crippen molar-refractivity contribution < 1.29 is 0 Å². The zero-order valence-electron chi connectivity index (χ0n) is 21.1. The number of hydrogen-bond acceptors (Lipinski definition) is 8. The van der Waals surface area contributed by atoms with Gasteiger partial charge in [-0.25, -0.2) is 24.9 Å². The van der Waals surface area contributed by atoms with Crippen molar-refractivity contribution in [3.63, 3.8) is 0 Å². The van der Waals surface area contributed by atoms with Crippen molar-refractivity contribution >= 4 is 27.8 Å². The van der Waals surface area contributed by atoms with Gasteiger partial charge in [0.25, 0.3) is 5.56 Å². The second-order valence-electron chi connectivity index (χ2n) is 9.02. The van der Waals surface area contributed by atoms with Crippen LogP contribution in [0.4, 0.5) is 5.82 Å². The molecule has 0 spiro atoms. The van der Waals surface area contributed by atoms with Gasteiger partial charge >= 0.3 is 0 Å². The molecular weight excluding hydrogens is 476 g/mol. The van der Waals surface area contributed by atoms with Crippen molar-refractivity contribution in [2.45, 2.75) is 26.8 Å². The average molecular weight is 501 g/mol. The summed E-state index contributed by atoms with van der Waals surface area (Å²) in [4.78, 5) is 41.5. The first-order valence-corrected chi connectivity index (χ1v) is 12.3. The SMILES string of the molecule is Cc1ncc(-c2cccc3nc([C@H](C)Nc4nc(C)nc5cccnc45)n(-c4ccccc4)c(=O)c23)cn1. The normalized spacial score (nSPS) is 12.1. The highest BCUT2D eigenvalue weighted by molar-refractivity contribution is 5.94. The summed E-state index contributed by atoms with van der Waals surface area (Å²) in [7, 11) is 0. The van der Waals surface area contributed by atoms with Crippen LogP contribution in [0.1, 0.15) is 30.4 Å². The number of aryl methyl sites for hydroxylation is 2. The average Bonchev–Trinajstić information content (AvgIpc) is 2.93. The lowest BCUT2D eigenvalue weighted by atomic mass is 10.0. The number of pyridine rings is 1. The molecule has 2 aromatic carbocycles. The first-order valence-electron chi connectivity index (χ1n) is 12.3. The van der Waals surface area contributed by atoms with Crippen LogP contribution in [0.15, 0.2) is 84.0 Å². The Labute approximate surface area is 218 Å². The highest BCUT2D eigenvalue weighted by atomic mass is 16.1. The smallest absolute Gasteiger partial charge is 0.266 e. The number of benzene rings is 2. The molecule has 4 aromatic heterocycles. The van der Waals surface area contributed by atoms with Crippen LogP contribution in [0.5, 0.6) is 0 Å². The van der Waals surface area contributed by atoms with E-state index in [4.69, 9.17) is 4.98 Å². The van der Waals surface area contributed by atoms with Crippen LogP contribution < -0.4 is 10.9 Å². The van der Waals surface area contributed by atoms with Gasteiger partial charge in [-0.15, -0.1) is 0 Å². The molecule has 0 unspecified atom stereocenters. The molecule has 0 saturated heterocycles. The van der Waals surface area contributed by atoms with Crippen molar-refractivity contribution in [3.05, 3.63) is 107 Å². The highest BCUT2D eigenvalue weighted by Crippen LogP contribution is 2.28. The van der Waals surface area contributed by atoms with E-state index in [-0.39, 0.29) is 5.56 Å². The number of rotatable bonds is 5. The van der Waals surface area contributed by atoms with Gasteiger partial charge in [0.2, 0.25) is 0 Å². The minimum atomic E-state index is -0.391. The fraction of sp³-hybridized carbons (Fsp3) is 0.138. The summed E-state index contributed by atoms with van der Waals surface area (Å²) in [5, 5.41) is 3.95. The van der Waals surface area contributed by atoms with Crippen LogP contribution in [0.25, 0.3) is 38.8 Å². The molecular formula is C29H24N8O. The maximum Gasteiger partial charge on any atom is 0.266 e. The third kappa shape index (κ3) is 4.13. The van der Waals surface area contributed by atoms with Crippen LogP contribution in [-0.4, -0.2) is 34.5 Å². The Balaban J connectivity index is 1.57. The Bertz CT molecular complexity index is 1850. The molecule has 1 N–H and O–H groups in total. The summed E-state index contributed by atoms with van der Waals surface area (Å²) >= 11 is 0. The summed E-state index contributed by atoms with van der Waals surface area (Å²) in [6, 6.07) is 18.5. The number of para-hydroxylation sites is 1. The highest BCUT2D eigenvalue weighted by Gasteiger charge is 2.21. The number of nitrogens with zero attached hydrogens (tertiary/aromatic N) is 7. The minimum absolute atomic E-state index is 0.178. The first kappa shape index (κ1) is 23.4. The van der Waals surface area contributed by atoms with E-state index in [1.54, 1.807) is 23.2 Å². The quantitative estimate of drug-likeness (QED) is 0.353. The van der Waals surface area contributed by atoms with E-state index in [1.807, 2.05) is 81.4 Å².